The van der Waals surface area contributed by atoms with E-state index in [-0.39, 0.29) is 45.8 Å². The number of hydrogen-bond acceptors (Lipinski definition) is 1. The summed E-state index contributed by atoms with van der Waals surface area (Å²) in [5.41, 5.74) is 19.3. The fraction of sp³-hybridized carbons (Fsp3) is 0.176. The van der Waals surface area contributed by atoms with Crippen LogP contribution in [0.15, 0.2) is 133 Å². The first-order chi connectivity index (χ1) is 35.8. The van der Waals surface area contributed by atoms with Crippen molar-refractivity contribution in [1.82, 2.24) is 8.80 Å². The quantitative estimate of drug-likeness (QED) is 0.140. The summed E-state index contributed by atoms with van der Waals surface area (Å²) in [5, 5.41) is 18.8. The lowest BCUT2D eigenvalue weighted by atomic mass is 9.59. The van der Waals surface area contributed by atoms with E-state index in [1.54, 1.807) is 0 Å². The molecule has 0 N–H and O–H groups in total. The van der Waals surface area contributed by atoms with Gasteiger partial charge >= 0.3 is 0 Å². The first-order valence-corrected chi connectivity index (χ1v) is 25.9. The molecule has 6 heteroatoms. The van der Waals surface area contributed by atoms with Crippen LogP contribution in [0.2, 0.25) is 0 Å². The van der Waals surface area contributed by atoms with E-state index in [0.29, 0.717) is 11.0 Å². The summed E-state index contributed by atoms with van der Waals surface area (Å²) >= 11 is 0. The second-order valence-electron chi connectivity index (χ2n) is 23.8. The molecule has 9 aromatic carbocycles. The molecule has 4 bridgehead atoms. The molecule has 4 heterocycles. The van der Waals surface area contributed by atoms with Gasteiger partial charge in [0.05, 0.1) is 45.2 Å². The number of benzene rings is 9. The Bertz CT molecular complexity index is 4530. The molecule has 0 fully saturated rings. The smallest absolute Gasteiger partial charge is 0.228 e. The topological polar surface area (TPSA) is 37.0 Å². The molecule has 0 atom stereocenters. The molecular formula is C68H44F2N4. The van der Waals surface area contributed by atoms with Gasteiger partial charge in [-0.1, -0.05) is 139 Å². The molecule has 0 saturated carbocycles. The summed E-state index contributed by atoms with van der Waals surface area (Å²) in [6.45, 7) is 22.1. The normalized spacial score (nSPS) is 18.2. The van der Waals surface area contributed by atoms with Gasteiger partial charge in [0, 0.05) is 66.8 Å². The highest BCUT2D eigenvalue weighted by Gasteiger charge is 2.48. The van der Waals surface area contributed by atoms with Crippen molar-refractivity contribution in [3.05, 3.63) is 240 Å². The fourth-order valence-electron chi connectivity index (χ4n) is 15.4. The first-order valence-electron chi connectivity index (χ1n) is 25.9. The third-order valence-corrected chi connectivity index (χ3v) is 18.4. The summed E-state index contributed by atoms with van der Waals surface area (Å²) in [4.78, 5) is 4.13. The van der Waals surface area contributed by atoms with Crippen molar-refractivity contribution >= 4 is 81.9 Å². The molecule has 0 spiro atoms. The summed E-state index contributed by atoms with van der Waals surface area (Å²) in [6, 6.07) is 50.2. The largest absolute Gasteiger partial charge is 0.306 e. The Labute approximate surface area is 424 Å². The fourth-order valence-corrected chi connectivity index (χ4v) is 15.4. The molecule has 4 nitrogen and oxygen atoms in total. The van der Waals surface area contributed by atoms with Gasteiger partial charge in [-0.05, 0) is 125 Å². The molecule has 4 aromatic heterocycles. The van der Waals surface area contributed by atoms with Gasteiger partial charge in [-0.2, -0.15) is 5.26 Å². The van der Waals surface area contributed by atoms with E-state index >= 15 is 8.78 Å². The maximum atomic E-state index is 18.5. The monoisotopic (exact) mass is 954 g/mol. The SMILES string of the molecule is [C-]#[N+]c1c2c(c3c4cc(C(C)(C)C)cc5c6cc7c(cc6n(c3c1F)c54)c1cc(C(C)(C)C)cc3c4c5c(c(C#N)c(F)c4n7c13)C1c3ccccc3C5c3ccccc31)C1c3ccccc3C2c2ccccc21. The highest BCUT2D eigenvalue weighted by atomic mass is 19.1. The second kappa shape index (κ2) is 13.0. The van der Waals surface area contributed by atoms with Crippen LogP contribution >= 0.6 is 0 Å². The summed E-state index contributed by atoms with van der Waals surface area (Å²) in [6.07, 6.45) is 0. The van der Waals surface area contributed by atoms with Crippen LogP contribution in [0.4, 0.5) is 14.5 Å². The van der Waals surface area contributed by atoms with E-state index < -0.39 is 11.6 Å². The first kappa shape index (κ1) is 41.0. The maximum absolute atomic E-state index is 18.5. The van der Waals surface area contributed by atoms with Gasteiger partial charge in [0.25, 0.3) is 0 Å². The zero-order valence-corrected chi connectivity index (χ0v) is 41.6. The Hall–Kier alpha value is -8.58. The number of halogens is 2. The van der Waals surface area contributed by atoms with Crippen molar-refractivity contribution in [2.24, 2.45) is 0 Å². The molecule has 0 unspecified atom stereocenters. The predicted molar refractivity (Wildman–Crippen MR) is 294 cm³/mol. The average Bonchev–Trinajstić information content (AvgIpc) is 4.15. The van der Waals surface area contributed by atoms with Crippen molar-refractivity contribution < 1.29 is 8.78 Å². The number of aromatic nitrogens is 2. The second-order valence-corrected chi connectivity index (χ2v) is 23.8. The molecule has 0 saturated heterocycles. The predicted octanol–water partition coefficient (Wildman–Crippen LogP) is 17.3. The standard InChI is InChI=1S/C68H44F2N4/c1-67(2,3)31-24-43-41-29-49-42(28-48(41)73-63(43)45(26-31)55-57-51-35-18-10-8-16-33(35)50(34-17-9-11-19-36(34)51)54(57)47(30-71)60(69)65(55)73)44-25-32(68(4,5)6)27-46-56-58-52-37-20-12-14-22-39(37)53(40-23-15-13-21-38(40)52)59(58)62(72-7)61(70)66(56)74(49)64(44)46/h8-29,50-53H,1-6H3. The lowest BCUT2D eigenvalue weighted by Crippen LogP contribution is -2.29. The number of nitriles is 1. The lowest BCUT2D eigenvalue weighted by Gasteiger charge is -2.43. The average molecular weight is 955 g/mol. The molecule has 13 aromatic rings. The highest BCUT2D eigenvalue weighted by molar-refractivity contribution is 6.30. The molecule has 0 radical (unpaired) electrons. The molecule has 19 rings (SSSR count). The van der Waals surface area contributed by atoms with E-state index in [4.69, 9.17) is 6.57 Å². The zero-order valence-electron chi connectivity index (χ0n) is 41.6. The van der Waals surface area contributed by atoms with Gasteiger partial charge in [-0.15, -0.1) is 0 Å². The van der Waals surface area contributed by atoms with Crippen LogP contribution in [0.3, 0.4) is 0 Å². The van der Waals surface area contributed by atoms with E-state index in [1.807, 2.05) is 0 Å². The molecule has 74 heavy (non-hydrogen) atoms. The third kappa shape index (κ3) is 4.46. The number of hydrogen-bond donors (Lipinski definition) is 0. The van der Waals surface area contributed by atoms with Crippen molar-refractivity contribution in [1.29, 1.82) is 5.26 Å². The minimum atomic E-state index is -0.498. The Morgan fingerprint density at radius 3 is 1.15 bits per heavy atom. The van der Waals surface area contributed by atoms with E-state index in [9.17, 15) is 5.26 Å². The van der Waals surface area contributed by atoms with Gasteiger partial charge in [0.15, 0.2) is 11.6 Å². The molecule has 6 aliphatic carbocycles. The summed E-state index contributed by atoms with van der Waals surface area (Å²) < 4.78 is 41.1. The maximum Gasteiger partial charge on any atom is 0.228 e. The molecular weight excluding hydrogens is 911 g/mol. The van der Waals surface area contributed by atoms with Gasteiger partial charge in [0.1, 0.15) is 6.07 Å². The number of rotatable bonds is 0. The van der Waals surface area contributed by atoms with Crippen molar-refractivity contribution in [3.63, 3.8) is 0 Å². The van der Waals surface area contributed by atoms with Gasteiger partial charge in [0.2, 0.25) is 5.69 Å². The van der Waals surface area contributed by atoms with Crippen molar-refractivity contribution in [2.75, 3.05) is 0 Å². The number of fused-ring (bicyclic) bond motifs is 12. The molecule has 0 amide bonds. The highest BCUT2D eigenvalue weighted by Crippen LogP contribution is 2.63. The summed E-state index contributed by atoms with van der Waals surface area (Å²) in [7, 11) is 0. The van der Waals surface area contributed by atoms with Crippen LogP contribution in [0.1, 0.15) is 149 Å². The van der Waals surface area contributed by atoms with Gasteiger partial charge in [-0.3, -0.25) is 0 Å². The molecule has 6 aliphatic rings. The van der Waals surface area contributed by atoms with Crippen LogP contribution in [-0.4, -0.2) is 8.80 Å². The third-order valence-electron chi connectivity index (χ3n) is 18.4. The molecule has 0 aliphatic heterocycles. The van der Waals surface area contributed by atoms with Crippen LogP contribution < -0.4 is 0 Å². The Morgan fingerprint density at radius 2 is 0.784 bits per heavy atom. The Morgan fingerprint density at radius 1 is 0.446 bits per heavy atom. The van der Waals surface area contributed by atoms with Crippen LogP contribution in [0.25, 0.3) is 81.0 Å². The Kier molecular flexibility index (Phi) is 7.17. The minimum Gasteiger partial charge on any atom is -0.306 e. The molecule has 350 valence electrons. The number of nitrogens with zero attached hydrogens (tertiary/aromatic N) is 4. The van der Waals surface area contributed by atoms with Crippen LogP contribution in [0.5, 0.6) is 0 Å². The van der Waals surface area contributed by atoms with Crippen LogP contribution in [-0.2, 0) is 10.8 Å². The van der Waals surface area contributed by atoms with E-state index in [2.05, 4.69) is 195 Å². The van der Waals surface area contributed by atoms with Crippen molar-refractivity contribution in [2.45, 2.75) is 76.0 Å². The van der Waals surface area contributed by atoms with E-state index in [1.165, 1.54) is 22.3 Å². The van der Waals surface area contributed by atoms with Crippen LogP contribution in [0, 0.1) is 29.5 Å². The van der Waals surface area contributed by atoms with Gasteiger partial charge in [-0.25, -0.2) is 13.6 Å². The zero-order chi connectivity index (χ0) is 49.9. The Balaban J connectivity index is 1.06. The van der Waals surface area contributed by atoms with Crippen molar-refractivity contribution in [3.8, 4) is 6.07 Å². The summed E-state index contributed by atoms with van der Waals surface area (Å²) in [5.74, 6) is -1.93. The van der Waals surface area contributed by atoms with Gasteiger partial charge < -0.3 is 8.80 Å². The van der Waals surface area contributed by atoms with E-state index in [0.717, 1.165) is 121 Å². The lowest BCUT2D eigenvalue weighted by molar-refractivity contribution is 0.591. The minimum absolute atomic E-state index is 0.0887.